The maximum absolute atomic E-state index is 12.7. The van der Waals surface area contributed by atoms with Crippen molar-refractivity contribution in [2.75, 3.05) is 39.4 Å². The van der Waals surface area contributed by atoms with Gasteiger partial charge < -0.3 is 19.3 Å². The number of hydrogen-bond donors (Lipinski definition) is 0. The molecular weight excluding hydrogens is 352 g/mol. The second kappa shape index (κ2) is 7.66. The van der Waals surface area contributed by atoms with Crippen LogP contribution >= 0.6 is 11.3 Å². The molecule has 1 atom stereocenters. The number of likely N-dealkylation sites (tertiary alicyclic amines) is 1. The second-order valence-corrected chi connectivity index (χ2v) is 8.46. The Morgan fingerprint density at radius 1 is 1.19 bits per heavy atom. The van der Waals surface area contributed by atoms with Crippen molar-refractivity contribution in [3.8, 4) is 0 Å². The lowest BCUT2D eigenvalue weighted by molar-refractivity contribution is -0.168. The molecule has 1 spiro atoms. The van der Waals surface area contributed by atoms with Crippen LogP contribution in [-0.2, 0) is 25.5 Å². The van der Waals surface area contributed by atoms with Gasteiger partial charge in [0.05, 0.1) is 18.6 Å². The van der Waals surface area contributed by atoms with Gasteiger partial charge in [0.25, 0.3) is 5.91 Å². The fourth-order valence-electron chi connectivity index (χ4n) is 4.15. The number of rotatable bonds is 3. The summed E-state index contributed by atoms with van der Waals surface area (Å²) >= 11 is 1.62. The Morgan fingerprint density at radius 2 is 2.04 bits per heavy atom. The van der Waals surface area contributed by atoms with E-state index in [2.05, 4.69) is 0 Å². The predicted molar refractivity (Wildman–Crippen MR) is 98.1 cm³/mol. The summed E-state index contributed by atoms with van der Waals surface area (Å²) in [5.41, 5.74) is -0.299. The number of nitrogens with zero attached hydrogens (tertiary/aromatic N) is 2. The molecule has 0 N–H and O–H groups in total. The Hall–Kier alpha value is -1.44. The summed E-state index contributed by atoms with van der Waals surface area (Å²) in [4.78, 5) is 30.1. The zero-order valence-corrected chi connectivity index (χ0v) is 15.8. The maximum atomic E-state index is 12.7. The maximum Gasteiger partial charge on any atom is 0.251 e. The molecule has 0 unspecified atom stereocenters. The van der Waals surface area contributed by atoms with Crippen LogP contribution in [0, 0.1) is 0 Å². The summed E-state index contributed by atoms with van der Waals surface area (Å²) in [6.07, 6.45) is 3.59. The van der Waals surface area contributed by atoms with Crippen molar-refractivity contribution in [3.05, 3.63) is 22.4 Å². The van der Waals surface area contributed by atoms with Crippen LogP contribution in [0.25, 0.3) is 0 Å². The van der Waals surface area contributed by atoms with E-state index < -0.39 is 0 Å². The minimum Gasteiger partial charge on any atom is -0.371 e. The van der Waals surface area contributed by atoms with Gasteiger partial charge in [-0.2, -0.15) is 0 Å². The normalized spacial score (nSPS) is 25.6. The summed E-state index contributed by atoms with van der Waals surface area (Å²) < 4.78 is 11.7. The Morgan fingerprint density at radius 3 is 2.73 bits per heavy atom. The van der Waals surface area contributed by atoms with Gasteiger partial charge >= 0.3 is 0 Å². The highest BCUT2D eigenvalue weighted by Gasteiger charge is 2.43. The van der Waals surface area contributed by atoms with E-state index in [9.17, 15) is 9.59 Å². The van der Waals surface area contributed by atoms with Crippen molar-refractivity contribution in [2.24, 2.45) is 0 Å². The fraction of sp³-hybridized carbons (Fsp3) is 0.684. The van der Waals surface area contributed by atoms with Crippen molar-refractivity contribution in [1.82, 2.24) is 9.80 Å². The number of piperidine rings is 1. The lowest BCUT2D eigenvalue weighted by Crippen LogP contribution is -2.59. The Bertz CT molecular complexity index is 634. The van der Waals surface area contributed by atoms with E-state index in [0.717, 1.165) is 30.6 Å². The fourth-order valence-corrected chi connectivity index (χ4v) is 4.85. The average molecular weight is 378 g/mol. The molecule has 7 heteroatoms. The van der Waals surface area contributed by atoms with Gasteiger partial charge in [-0.25, -0.2) is 0 Å². The second-order valence-electron chi connectivity index (χ2n) is 7.43. The first-order valence-corrected chi connectivity index (χ1v) is 10.4. The van der Waals surface area contributed by atoms with Gasteiger partial charge in [0.2, 0.25) is 5.91 Å². The van der Waals surface area contributed by atoms with Crippen LogP contribution in [0.3, 0.4) is 0 Å². The van der Waals surface area contributed by atoms with Crippen molar-refractivity contribution >= 4 is 23.2 Å². The molecule has 1 aromatic heterocycles. The smallest absolute Gasteiger partial charge is 0.251 e. The van der Waals surface area contributed by atoms with Crippen LogP contribution < -0.4 is 0 Å². The zero-order chi connectivity index (χ0) is 18.0. The van der Waals surface area contributed by atoms with Gasteiger partial charge in [0.1, 0.15) is 6.10 Å². The van der Waals surface area contributed by atoms with Crippen molar-refractivity contribution < 1.29 is 19.1 Å². The molecule has 3 saturated heterocycles. The van der Waals surface area contributed by atoms with Crippen molar-refractivity contribution in [2.45, 2.75) is 43.8 Å². The predicted octanol–water partition coefficient (Wildman–Crippen LogP) is 1.69. The third-order valence-corrected chi connectivity index (χ3v) is 6.57. The summed E-state index contributed by atoms with van der Waals surface area (Å²) in [6, 6.07) is 3.99. The molecule has 4 rings (SSSR count). The summed E-state index contributed by atoms with van der Waals surface area (Å²) in [7, 11) is 0. The number of carbonyl (C=O) groups is 2. The van der Waals surface area contributed by atoms with E-state index in [4.69, 9.17) is 9.47 Å². The summed E-state index contributed by atoms with van der Waals surface area (Å²) in [5.74, 6) is 0.298. The zero-order valence-electron chi connectivity index (χ0n) is 15.0. The first-order chi connectivity index (χ1) is 12.7. The van der Waals surface area contributed by atoms with E-state index >= 15 is 0 Å². The number of ether oxygens (including phenoxy) is 2. The molecule has 26 heavy (non-hydrogen) atoms. The molecular formula is C19H26N2O4S. The summed E-state index contributed by atoms with van der Waals surface area (Å²) in [6.45, 7) is 3.92. The van der Waals surface area contributed by atoms with Crippen molar-refractivity contribution in [3.63, 3.8) is 0 Å². The molecule has 0 bridgehead atoms. The van der Waals surface area contributed by atoms with Crippen LogP contribution in [-0.4, -0.2) is 72.7 Å². The number of amides is 2. The molecule has 0 aliphatic carbocycles. The van der Waals surface area contributed by atoms with E-state index in [-0.39, 0.29) is 23.5 Å². The minimum absolute atomic E-state index is 0.112. The number of morpholine rings is 1. The first-order valence-electron chi connectivity index (χ1n) is 9.50. The Kier molecular flexibility index (Phi) is 5.29. The lowest BCUT2D eigenvalue weighted by Gasteiger charge is -2.47. The molecule has 142 valence electrons. The van der Waals surface area contributed by atoms with E-state index in [1.807, 2.05) is 27.3 Å². The molecule has 6 nitrogen and oxygen atoms in total. The van der Waals surface area contributed by atoms with Gasteiger partial charge in [-0.3, -0.25) is 9.59 Å². The largest absolute Gasteiger partial charge is 0.371 e. The highest BCUT2D eigenvalue weighted by molar-refractivity contribution is 7.10. The lowest BCUT2D eigenvalue weighted by atomic mass is 9.89. The Balaban J connectivity index is 1.32. The highest BCUT2D eigenvalue weighted by atomic mass is 32.1. The topological polar surface area (TPSA) is 59.1 Å². The molecule has 0 saturated carbocycles. The molecule has 0 aromatic carbocycles. The monoisotopic (exact) mass is 378 g/mol. The van der Waals surface area contributed by atoms with Gasteiger partial charge in [0.15, 0.2) is 0 Å². The molecule has 0 radical (unpaired) electrons. The molecule has 3 aliphatic rings. The van der Waals surface area contributed by atoms with E-state index in [1.165, 1.54) is 0 Å². The quantitative estimate of drug-likeness (QED) is 0.803. The van der Waals surface area contributed by atoms with E-state index in [1.54, 1.807) is 11.3 Å². The minimum atomic E-state index is -0.299. The van der Waals surface area contributed by atoms with Crippen LogP contribution in [0.1, 0.15) is 30.6 Å². The number of hydrogen-bond acceptors (Lipinski definition) is 5. The molecule has 3 fully saturated rings. The van der Waals surface area contributed by atoms with Gasteiger partial charge in [-0.1, -0.05) is 6.07 Å². The van der Waals surface area contributed by atoms with Crippen molar-refractivity contribution in [1.29, 1.82) is 0 Å². The molecule has 4 heterocycles. The average Bonchev–Trinajstić information content (AvgIpc) is 3.36. The molecule has 2 amide bonds. The standard InChI is InChI=1S/C19H26N2O4S/c22-17(13-15-3-2-12-26-15)20-7-5-19(6-8-20)14-21(9-11-25-19)18(23)16-4-1-10-24-16/h2-3,12,16H,1,4-11,13-14H2/t16-/m1/s1. The van der Waals surface area contributed by atoms with E-state index in [0.29, 0.717) is 45.8 Å². The van der Waals surface area contributed by atoms with Gasteiger partial charge in [-0.15, -0.1) is 11.3 Å². The summed E-state index contributed by atoms with van der Waals surface area (Å²) in [5, 5.41) is 2.00. The van der Waals surface area contributed by atoms with Crippen LogP contribution in [0.4, 0.5) is 0 Å². The van der Waals surface area contributed by atoms with Gasteiger partial charge in [0, 0.05) is 37.7 Å². The SMILES string of the molecule is O=C(Cc1cccs1)N1CCC2(CC1)CN(C(=O)[C@H]1CCCO1)CCO2. The van der Waals surface area contributed by atoms with Crippen LogP contribution in [0.2, 0.25) is 0 Å². The molecule has 3 aliphatic heterocycles. The third-order valence-electron chi connectivity index (χ3n) is 5.70. The first kappa shape index (κ1) is 17.9. The molecule has 1 aromatic rings. The third kappa shape index (κ3) is 3.80. The number of carbonyl (C=O) groups excluding carboxylic acids is 2. The number of thiophene rings is 1. The highest BCUT2D eigenvalue weighted by Crippen LogP contribution is 2.31. The van der Waals surface area contributed by atoms with Crippen LogP contribution in [0.15, 0.2) is 17.5 Å². The van der Waals surface area contributed by atoms with Crippen LogP contribution in [0.5, 0.6) is 0 Å². The Labute approximate surface area is 158 Å². The van der Waals surface area contributed by atoms with Gasteiger partial charge in [-0.05, 0) is 37.1 Å².